The summed E-state index contributed by atoms with van der Waals surface area (Å²) in [6.07, 6.45) is 8.14. The van der Waals surface area contributed by atoms with Crippen LogP contribution in [0.3, 0.4) is 0 Å². The second-order valence-electron chi connectivity index (χ2n) is 6.82. The zero-order chi connectivity index (χ0) is 17.5. The van der Waals surface area contributed by atoms with Crippen LogP contribution in [0.1, 0.15) is 55.5 Å². The van der Waals surface area contributed by atoms with Crippen LogP contribution < -0.4 is 5.32 Å². The van der Waals surface area contributed by atoms with Gasteiger partial charge in [-0.05, 0) is 25.3 Å². The number of thioether (sulfide) groups is 1. The fraction of sp³-hybridized carbons (Fsp3) is 0.500. The zero-order valence-electron chi connectivity index (χ0n) is 14.9. The Morgan fingerprint density at radius 3 is 2.64 bits per heavy atom. The third-order valence-electron chi connectivity index (χ3n) is 4.74. The summed E-state index contributed by atoms with van der Waals surface area (Å²) >= 11 is 1.49. The Balaban J connectivity index is 1.49. The van der Waals surface area contributed by atoms with E-state index in [0.717, 1.165) is 35.8 Å². The zero-order valence-corrected chi connectivity index (χ0v) is 15.7. The molecule has 2 aromatic rings. The molecule has 1 aromatic carbocycles. The molecule has 0 saturated heterocycles. The molecule has 1 aromatic heterocycles. The average molecular weight is 358 g/mol. The van der Waals surface area contributed by atoms with Crippen molar-refractivity contribution in [2.75, 3.05) is 5.75 Å². The predicted octanol–water partition coefficient (Wildman–Crippen LogP) is 4.24. The van der Waals surface area contributed by atoms with E-state index in [1.165, 1.54) is 43.0 Å². The normalized spacial score (nSPS) is 15.7. The fourth-order valence-electron chi connectivity index (χ4n) is 3.32. The summed E-state index contributed by atoms with van der Waals surface area (Å²) in [5, 5.41) is 4.02. The lowest BCUT2D eigenvalue weighted by atomic mass is 10.1. The third kappa shape index (κ3) is 5.63. The first-order chi connectivity index (χ1) is 12.2. The van der Waals surface area contributed by atoms with Crippen LogP contribution in [0.25, 0.3) is 0 Å². The van der Waals surface area contributed by atoms with Gasteiger partial charge in [0.2, 0.25) is 5.91 Å². The van der Waals surface area contributed by atoms with Crippen molar-refractivity contribution in [3.05, 3.63) is 47.3 Å². The van der Waals surface area contributed by atoms with Gasteiger partial charge in [0.25, 0.3) is 0 Å². The van der Waals surface area contributed by atoms with Gasteiger partial charge in [-0.2, -0.15) is 0 Å². The third-order valence-corrected chi connectivity index (χ3v) is 5.61. The molecule has 1 fully saturated rings. The van der Waals surface area contributed by atoms with Crippen molar-refractivity contribution in [1.29, 1.82) is 0 Å². The summed E-state index contributed by atoms with van der Waals surface area (Å²) in [6.45, 7) is 2.04. The van der Waals surface area contributed by atoms with Crippen LogP contribution in [-0.4, -0.2) is 27.7 Å². The number of imidazole rings is 1. The van der Waals surface area contributed by atoms with Crippen molar-refractivity contribution in [2.24, 2.45) is 0 Å². The van der Waals surface area contributed by atoms with E-state index in [-0.39, 0.29) is 5.91 Å². The molecule has 0 spiro atoms. The van der Waals surface area contributed by atoms with E-state index in [9.17, 15) is 4.79 Å². The molecule has 2 N–H and O–H groups in total. The van der Waals surface area contributed by atoms with E-state index in [1.54, 1.807) is 0 Å². The van der Waals surface area contributed by atoms with Crippen LogP contribution in [0, 0.1) is 6.92 Å². The molecule has 1 saturated carbocycles. The highest BCUT2D eigenvalue weighted by Crippen LogP contribution is 2.20. The molecular formula is C20H27N3OS. The number of hydrogen-bond acceptors (Lipinski definition) is 3. The first-order valence-electron chi connectivity index (χ1n) is 9.22. The minimum atomic E-state index is 0.121. The second kappa shape index (κ2) is 9.09. The standard InChI is InChI=1S/C20H27N3OS/c1-15-18(13-16-9-5-4-6-10-16)23-20(21-15)25-14-19(24)22-17-11-7-2-3-8-12-17/h4-6,9-10,17H,2-3,7-8,11-14H2,1H3,(H,21,23)(H,22,24). The van der Waals surface area contributed by atoms with Gasteiger partial charge in [-0.1, -0.05) is 67.8 Å². The van der Waals surface area contributed by atoms with Crippen molar-refractivity contribution in [3.8, 4) is 0 Å². The van der Waals surface area contributed by atoms with E-state index in [1.807, 2.05) is 25.1 Å². The van der Waals surface area contributed by atoms with E-state index < -0.39 is 0 Å². The number of aromatic amines is 1. The van der Waals surface area contributed by atoms with Crippen molar-refractivity contribution < 1.29 is 4.79 Å². The summed E-state index contributed by atoms with van der Waals surface area (Å²) in [7, 11) is 0. The Kier molecular flexibility index (Phi) is 6.56. The first kappa shape index (κ1) is 18.1. The number of hydrogen-bond donors (Lipinski definition) is 2. The van der Waals surface area contributed by atoms with Crippen LogP contribution in [0.4, 0.5) is 0 Å². The Morgan fingerprint density at radius 1 is 1.20 bits per heavy atom. The largest absolute Gasteiger partial charge is 0.353 e. The lowest BCUT2D eigenvalue weighted by molar-refractivity contribution is -0.119. The highest BCUT2D eigenvalue weighted by Gasteiger charge is 2.15. The number of carbonyl (C=O) groups excluding carboxylic acids is 1. The average Bonchev–Trinajstić information content (AvgIpc) is 2.80. The van der Waals surface area contributed by atoms with Crippen LogP contribution in [0.15, 0.2) is 35.5 Å². The molecule has 0 aliphatic heterocycles. The maximum Gasteiger partial charge on any atom is 0.230 e. The predicted molar refractivity (Wildman–Crippen MR) is 103 cm³/mol. The smallest absolute Gasteiger partial charge is 0.230 e. The monoisotopic (exact) mass is 357 g/mol. The van der Waals surface area contributed by atoms with Gasteiger partial charge >= 0.3 is 0 Å². The molecule has 3 rings (SSSR count). The molecule has 4 nitrogen and oxygen atoms in total. The van der Waals surface area contributed by atoms with Crippen LogP contribution in [-0.2, 0) is 11.2 Å². The molecule has 5 heteroatoms. The number of amides is 1. The highest BCUT2D eigenvalue weighted by atomic mass is 32.2. The molecule has 0 radical (unpaired) electrons. The molecule has 134 valence electrons. The second-order valence-corrected chi connectivity index (χ2v) is 7.78. The summed E-state index contributed by atoms with van der Waals surface area (Å²) < 4.78 is 0. The van der Waals surface area contributed by atoms with Gasteiger partial charge in [0.1, 0.15) is 0 Å². The Morgan fingerprint density at radius 2 is 1.92 bits per heavy atom. The fourth-order valence-corrected chi connectivity index (χ4v) is 4.07. The van der Waals surface area contributed by atoms with Crippen molar-refractivity contribution in [1.82, 2.24) is 15.3 Å². The van der Waals surface area contributed by atoms with E-state index >= 15 is 0 Å². The van der Waals surface area contributed by atoms with E-state index in [0.29, 0.717) is 11.8 Å². The van der Waals surface area contributed by atoms with Gasteiger partial charge in [-0.25, -0.2) is 4.98 Å². The van der Waals surface area contributed by atoms with Gasteiger partial charge in [0.15, 0.2) is 5.16 Å². The summed E-state index contributed by atoms with van der Waals surface area (Å²) in [5.74, 6) is 0.546. The van der Waals surface area contributed by atoms with E-state index in [4.69, 9.17) is 0 Å². The molecule has 0 bridgehead atoms. The molecular weight excluding hydrogens is 330 g/mol. The van der Waals surface area contributed by atoms with Crippen molar-refractivity contribution in [2.45, 2.75) is 63.1 Å². The van der Waals surface area contributed by atoms with Gasteiger partial charge in [0, 0.05) is 18.2 Å². The minimum absolute atomic E-state index is 0.121. The Labute approximate surface area is 154 Å². The number of nitrogens with one attached hydrogen (secondary N) is 2. The quantitative estimate of drug-likeness (QED) is 0.600. The number of benzene rings is 1. The molecule has 0 unspecified atom stereocenters. The molecule has 1 aliphatic carbocycles. The number of nitrogens with zero attached hydrogens (tertiary/aromatic N) is 1. The minimum Gasteiger partial charge on any atom is -0.353 e. The molecule has 25 heavy (non-hydrogen) atoms. The number of rotatable bonds is 6. The SMILES string of the molecule is Cc1[nH]c(SCC(=O)NC2CCCCCC2)nc1Cc1ccccc1. The number of aryl methyl sites for hydroxylation is 1. The number of aromatic nitrogens is 2. The number of carbonyl (C=O) groups is 1. The molecule has 1 heterocycles. The molecule has 1 aliphatic rings. The topological polar surface area (TPSA) is 57.8 Å². The van der Waals surface area contributed by atoms with Crippen molar-refractivity contribution in [3.63, 3.8) is 0 Å². The summed E-state index contributed by atoms with van der Waals surface area (Å²) in [6, 6.07) is 10.7. The molecule has 1 amide bonds. The van der Waals surface area contributed by atoms with Crippen LogP contribution in [0.5, 0.6) is 0 Å². The van der Waals surface area contributed by atoms with Crippen LogP contribution >= 0.6 is 11.8 Å². The van der Waals surface area contributed by atoms with Gasteiger partial charge in [0.05, 0.1) is 11.4 Å². The maximum atomic E-state index is 12.2. The number of H-pyrrole nitrogens is 1. The van der Waals surface area contributed by atoms with Gasteiger partial charge in [-0.15, -0.1) is 0 Å². The molecule has 0 atom stereocenters. The lowest BCUT2D eigenvalue weighted by Gasteiger charge is -2.15. The van der Waals surface area contributed by atoms with E-state index in [2.05, 4.69) is 27.4 Å². The van der Waals surface area contributed by atoms with Crippen molar-refractivity contribution >= 4 is 17.7 Å². The maximum absolute atomic E-state index is 12.2. The summed E-state index contributed by atoms with van der Waals surface area (Å²) in [4.78, 5) is 20.2. The van der Waals surface area contributed by atoms with Gasteiger partial charge in [-0.3, -0.25) is 4.79 Å². The van der Waals surface area contributed by atoms with Crippen LogP contribution in [0.2, 0.25) is 0 Å². The first-order valence-corrected chi connectivity index (χ1v) is 10.2. The Hall–Kier alpha value is -1.75. The summed E-state index contributed by atoms with van der Waals surface area (Å²) in [5.41, 5.74) is 3.38. The lowest BCUT2D eigenvalue weighted by Crippen LogP contribution is -2.35. The highest BCUT2D eigenvalue weighted by molar-refractivity contribution is 7.99. The Bertz CT molecular complexity index is 676. The van der Waals surface area contributed by atoms with Gasteiger partial charge < -0.3 is 10.3 Å².